The fourth-order valence-electron chi connectivity index (χ4n) is 1.81. The van der Waals surface area contributed by atoms with Gasteiger partial charge in [0.05, 0.1) is 18.4 Å². The van der Waals surface area contributed by atoms with Crippen molar-refractivity contribution in [1.82, 2.24) is 0 Å². The summed E-state index contributed by atoms with van der Waals surface area (Å²) < 4.78 is 10.9. The van der Waals surface area contributed by atoms with Crippen molar-refractivity contribution in [3.05, 3.63) is 48.3 Å². The first kappa shape index (κ1) is 10.1. The first-order chi connectivity index (χ1) is 7.42. The summed E-state index contributed by atoms with van der Waals surface area (Å²) in [6, 6.07) is 7.89. The van der Waals surface area contributed by atoms with Gasteiger partial charge in [-0.05, 0) is 30.7 Å². The minimum absolute atomic E-state index is 0.273. The number of hydrogen-bond acceptors (Lipinski definition) is 2. The summed E-state index contributed by atoms with van der Waals surface area (Å²) in [5.41, 5.74) is 0. The van der Waals surface area contributed by atoms with Crippen molar-refractivity contribution in [2.45, 2.75) is 32.1 Å². The maximum absolute atomic E-state index is 5.46. The highest BCUT2D eigenvalue weighted by Gasteiger charge is 2.18. The molecular formula is C13H16O2. The second-order valence-corrected chi connectivity index (χ2v) is 3.73. The molecule has 0 atom stereocenters. The Morgan fingerprint density at radius 3 is 2.07 bits per heavy atom. The molecule has 0 aliphatic carbocycles. The molecule has 2 heteroatoms. The molecule has 0 saturated heterocycles. The van der Waals surface area contributed by atoms with Crippen LogP contribution in [0.2, 0.25) is 0 Å². The van der Waals surface area contributed by atoms with Gasteiger partial charge in [0, 0.05) is 0 Å². The largest absolute Gasteiger partial charge is 0.469 e. The van der Waals surface area contributed by atoms with Gasteiger partial charge in [-0.15, -0.1) is 0 Å². The van der Waals surface area contributed by atoms with Crippen molar-refractivity contribution < 1.29 is 8.83 Å². The molecule has 0 N–H and O–H groups in total. The highest BCUT2D eigenvalue weighted by atomic mass is 16.3. The fraction of sp³-hybridized carbons (Fsp3) is 0.385. The Balaban J connectivity index is 2.17. The molecule has 0 aromatic carbocycles. The molecule has 0 bridgehead atoms. The lowest BCUT2D eigenvalue weighted by Crippen LogP contribution is -1.98. The molecule has 2 aromatic heterocycles. The van der Waals surface area contributed by atoms with Gasteiger partial charge in [-0.2, -0.15) is 0 Å². The molecule has 2 aromatic rings. The Morgan fingerprint density at radius 2 is 1.67 bits per heavy atom. The summed E-state index contributed by atoms with van der Waals surface area (Å²) >= 11 is 0. The van der Waals surface area contributed by atoms with Crippen molar-refractivity contribution in [2.75, 3.05) is 0 Å². The average molecular weight is 204 g/mol. The van der Waals surface area contributed by atoms with Gasteiger partial charge in [-0.25, -0.2) is 0 Å². The van der Waals surface area contributed by atoms with Crippen molar-refractivity contribution in [1.29, 1.82) is 0 Å². The highest BCUT2D eigenvalue weighted by molar-refractivity contribution is 5.18. The molecule has 0 amide bonds. The Labute approximate surface area is 89.9 Å². The van der Waals surface area contributed by atoms with Gasteiger partial charge in [-0.3, -0.25) is 0 Å². The van der Waals surface area contributed by atoms with Crippen LogP contribution in [0.3, 0.4) is 0 Å². The van der Waals surface area contributed by atoms with Gasteiger partial charge in [0.1, 0.15) is 11.5 Å². The molecule has 0 radical (unpaired) electrons. The van der Waals surface area contributed by atoms with Gasteiger partial charge in [-0.1, -0.05) is 19.8 Å². The van der Waals surface area contributed by atoms with Gasteiger partial charge in [0.15, 0.2) is 0 Å². The lowest BCUT2D eigenvalue weighted by molar-refractivity contribution is 0.409. The Bertz CT molecular complexity index is 325. The smallest absolute Gasteiger partial charge is 0.114 e. The van der Waals surface area contributed by atoms with E-state index < -0.39 is 0 Å². The molecule has 2 heterocycles. The molecular weight excluding hydrogens is 188 g/mol. The Morgan fingerprint density at radius 1 is 1.07 bits per heavy atom. The van der Waals surface area contributed by atoms with Crippen LogP contribution in [0, 0.1) is 0 Å². The van der Waals surface area contributed by atoms with Crippen LogP contribution in [0.4, 0.5) is 0 Å². The standard InChI is InChI=1S/C13H16O2/c1-2-3-6-11(12-7-4-9-14-12)13-8-5-10-15-13/h4-5,7-11H,2-3,6H2,1H3. The first-order valence-electron chi connectivity index (χ1n) is 5.48. The van der Waals surface area contributed by atoms with E-state index in [-0.39, 0.29) is 5.92 Å². The van der Waals surface area contributed by atoms with Gasteiger partial charge < -0.3 is 8.83 Å². The zero-order chi connectivity index (χ0) is 10.5. The lowest BCUT2D eigenvalue weighted by Gasteiger charge is -2.10. The van der Waals surface area contributed by atoms with Crippen LogP contribution >= 0.6 is 0 Å². The van der Waals surface area contributed by atoms with E-state index in [9.17, 15) is 0 Å². The van der Waals surface area contributed by atoms with E-state index in [4.69, 9.17) is 8.83 Å². The summed E-state index contributed by atoms with van der Waals surface area (Å²) in [7, 11) is 0. The van der Waals surface area contributed by atoms with E-state index in [1.54, 1.807) is 12.5 Å². The lowest BCUT2D eigenvalue weighted by atomic mass is 9.97. The Hall–Kier alpha value is -1.44. The molecule has 15 heavy (non-hydrogen) atoms. The second-order valence-electron chi connectivity index (χ2n) is 3.73. The van der Waals surface area contributed by atoms with Crippen LogP contribution in [0.1, 0.15) is 43.6 Å². The van der Waals surface area contributed by atoms with Crippen molar-refractivity contribution >= 4 is 0 Å². The zero-order valence-corrected chi connectivity index (χ0v) is 8.98. The number of hydrogen-bond donors (Lipinski definition) is 0. The molecule has 0 fully saturated rings. The van der Waals surface area contributed by atoms with Crippen LogP contribution in [-0.4, -0.2) is 0 Å². The van der Waals surface area contributed by atoms with Gasteiger partial charge in [0.25, 0.3) is 0 Å². The SMILES string of the molecule is CCCCC(c1ccco1)c1ccco1. The van der Waals surface area contributed by atoms with E-state index in [2.05, 4.69) is 6.92 Å². The second kappa shape index (κ2) is 4.87. The average Bonchev–Trinajstić information content (AvgIpc) is 2.90. The van der Waals surface area contributed by atoms with Crippen molar-refractivity contribution in [2.24, 2.45) is 0 Å². The predicted molar refractivity (Wildman–Crippen MR) is 58.8 cm³/mol. The molecule has 2 rings (SSSR count). The third kappa shape index (κ3) is 2.32. The van der Waals surface area contributed by atoms with Crippen LogP contribution < -0.4 is 0 Å². The van der Waals surface area contributed by atoms with Crippen LogP contribution in [0.5, 0.6) is 0 Å². The van der Waals surface area contributed by atoms with Gasteiger partial charge >= 0.3 is 0 Å². The molecule has 80 valence electrons. The molecule has 0 saturated carbocycles. The topological polar surface area (TPSA) is 26.3 Å². The quantitative estimate of drug-likeness (QED) is 0.729. The summed E-state index contributed by atoms with van der Waals surface area (Å²) in [5.74, 6) is 2.27. The maximum atomic E-state index is 5.46. The zero-order valence-electron chi connectivity index (χ0n) is 8.98. The van der Waals surface area contributed by atoms with E-state index in [0.717, 1.165) is 17.9 Å². The predicted octanol–water partition coefficient (Wildman–Crippen LogP) is 4.19. The van der Waals surface area contributed by atoms with Crippen LogP contribution in [0.25, 0.3) is 0 Å². The van der Waals surface area contributed by atoms with Crippen LogP contribution in [-0.2, 0) is 0 Å². The molecule has 0 aliphatic rings. The number of unbranched alkanes of at least 4 members (excludes halogenated alkanes) is 1. The van der Waals surface area contributed by atoms with Crippen molar-refractivity contribution in [3.63, 3.8) is 0 Å². The molecule has 0 aliphatic heterocycles. The number of furan rings is 2. The third-order valence-electron chi connectivity index (χ3n) is 2.62. The summed E-state index contributed by atoms with van der Waals surface area (Å²) in [4.78, 5) is 0. The van der Waals surface area contributed by atoms with Crippen molar-refractivity contribution in [3.8, 4) is 0 Å². The molecule has 2 nitrogen and oxygen atoms in total. The van der Waals surface area contributed by atoms with Gasteiger partial charge in [0.2, 0.25) is 0 Å². The monoisotopic (exact) mass is 204 g/mol. The molecule has 0 unspecified atom stereocenters. The van der Waals surface area contributed by atoms with E-state index in [1.807, 2.05) is 24.3 Å². The minimum atomic E-state index is 0.273. The van der Waals surface area contributed by atoms with Crippen LogP contribution in [0.15, 0.2) is 45.6 Å². The van der Waals surface area contributed by atoms with E-state index >= 15 is 0 Å². The Kier molecular flexibility index (Phi) is 3.28. The normalized spacial score (nSPS) is 11.1. The fourth-order valence-corrected chi connectivity index (χ4v) is 1.81. The highest BCUT2D eigenvalue weighted by Crippen LogP contribution is 2.30. The van der Waals surface area contributed by atoms with E-state index in [0.29, 0.717) is 0 Å². The third-order valence-corrected chi connectivity index (χ3v) is 2.62. The summed E-state index contributed by atoms with van der Waals surface area (Å²) in [5, 5.41) is 0. The maximum Gasteiger partial charge on any atom is 0.114 e. The number of rotatable bonds is 5. The molecule has 0 spiro atoms. The summed E-state index contributed by atoms with van der Waals surface area (Å²) in [6.07, 6.45) is 6.90. The first-order valence-corrected chi connectivity index (χ1v) is 5.48. The summed E-state index contributed by atoms with van der Waals surface area (Å²) in [6.45, 7) is 2.20. The van der Waals surface area contributed by atoms with E-state index in [1.165, 1.54) is 12.8 Å². The minimum Gasteiger partial charge on any atom is -0.469 e.